The summed E-state index contributed by atoms with van der Waals surface area (Å²) in [6, 6.07) is 0. The first kappa shape index (κ1) is 13.2. The summed E-state index contributed by atoms with van der Waals surface area (Å²) in [5, 5.41) is 8.44. The Morgan fingerprint density at radius 2 is 1.88 bits per heavy atom. The molecule has 0 aliphatic rings. The minimum Gasteiger partial charge on any atom is -0.481 e. The molecule has 0 aromatic carbocycles. The van der Waals surface area contributed by atoms with Crippen LogP contribution >= 0.6 is 0 Å². The topological polar surface area (TPSA) is 81.3 Å². The fraction of sp³-hybridized carbons (Fsp3) is 0.545. The normalized spacial score (nSPS) is 10.4. The summed E-state index contributed by atoms with van der Waals surface area (Å²) in [4.78, 5) is 33.1. The van der Waals surface area contributed by atoms with Gasteiger partial charge in [-0.1, -0.05) is 6.42 Å². The summed E-state index contributed by atoms with van der Waals surface area (Å²) in [7, 11) is 1.53. The largest absolute Gasteiger partial charge is 0.481 e. The quantitative estimate of drug-likeness (QED) is 0.568. The van der Waals surface area contributed by atoms with Gasteiger partial charge in [0.05, 0.1) is 0 Å². The summed E-state index contributed by atoms with van der Waals surface area (Å²) in [6.45, 7) is 0.453. The summed E-state index contributed by atoms with van der Waals surface area (Å²) in [5.74, 6) is -0.809. The van der Waals surface area contributed by atoms with Crippen molar-refractivity contribution in [3.05, 3.63) is 33.1 Å². The molecule has 0 aliphatic heterocycles. The highest BCUT2D eigenvalue weighted by atomic mass is 16.4. The van der Waals surface area contributed by atoms with E-state index in [1.807, 2.05) is 0 Å². The van der Waals surface area contributed by atoms with Crippen LogP contribution in [0.3, 0.4) is 0 Å². The van der Waals surface area contributed by atoms with Crippen molar-refractivity contribution in [2.24, 2.45) is 7.05 Å². The molecule has 0 amide bonds. The number of carboxylic acid groups (broad SMARTS) is 1. The maximum atomic E-state index is 11.5. The van der Waals surface area contributed by atoms with Gasteiger partial charge in [-0.05, 0) is 12.8 Å². The van der Waals surface area contributed by atoms with Crippen LogP contribution in [-0.4, -0.2) is 20.2 Å². The standard InChI is InChI=1S/C11H16N2O4/c1-12-7-8-13(11(17)10(12)16)6-4-2-3-5-9(14)15/h7-8H,2-6H2,1H3,(H,14,15). The van der Waals surface area contributed by atoms with Crippen LogP contribution in [-0.2, 0) is 18.4 Å². The molecule has 1 aromatic heterocycles. The lowest BCUT2D eigenvalue weighted by Crippen LogP contribution is -2.39. The van der Waals surface area contributed by atoms with E-state index in [1.54, 1.807) is 12.4 Å². The molecule has 1 heterocycles. The molecule has 1 N–H and O–H groups in total. The zero-order valence-corrected chi connectivity index (χ0v) is 9.76. The van der Waals surface area contributed by atoms with E-state index in [-0.39, 0.29) is 6.42 Å². The third-order valence-corrected chi connectivity index (χ3v) is 2.52. The van der Waals surface area contributed by atoms with Crippen LogP contribution in [0, 0.1) is 0 Å². The van der Waals surface area contributed by atoms with E-state index in [2.05, 4.69) is 0 Å². The van der Waals surface area contributed by atoms with Gasteiger partial charge in [-0.3, -0.25) is 14.4 Å². The summed E-state index contributed by atoms with van der Waals surface area (Å²) in [6.07, 6.45) is 5.27. The van der Waals surface area contributed by atoms with Crippen molar-refractivity contribution in [3.8, 4) is 0 Å². The zero-order chi connectivity index (χ0) is 12.8. The second-order valence-electron chi connectivity index (χ2n) is 3.92. The molecule has 0 atom stereocenters. The number of unbranched alkanes of at least 4 members (excludes halogenated alkanes) is 2. The van der Waals surface area contributed by atoms with E-state index in [0.29, 0.717) is 19.4 Å². The van der Waals surface area contributed by atoms with Gasteiger partial charge in [0, 0.05) is 32.4 Å². The Balaban J connectivity index is 2.48. The van der Waals surface area contributed by atoms with E-state index in [4.69, 9.17) is 5.11 Å². The first-order valence-electron chi connectivity index (χ1n) is 5.50. The number of rotatable bonds is 6. The third-order valence-electron chi connectivity index (χ3n) is 2.52. The zero-order valence-electron chi connectivity index (χ0n) is 9.76. The van der Waals surface area contributed by atoms with Gasteiger partial charge in [0.2, 0.25) is 0 Å². The van der Waals surface area contributed by atoms with Gasteiger partial charge in [0.1, 0.15) is 0 Å². The molecule has 6 heteroatoms. The summed E-state index contributed by atoms with van der Waals surface area (Å²) in [5.41, 5.74) is -1.08. The van der Waals surface area contributed by atoms with Crippen molar-refractivity contribution >= 4 is 5.97 Å². The van der Waals surface area contributed by atoms with Crippen LogP contribution in [0.4, 0.5) is 0 Å². The number of carbonyl (C=O) groups is 1. The van der Waals surface area contributed by atoms with Gasteiger partial charge in [0.15, 0.2) is 0 Å². The Morgan fingerprint density at radius 1 is 1.18 bits per heavy atom. The van der Waals surface area contributed by atoms with Crippen LogP contribution in [0.1, 0.15) is 25.7 Å². The van der Waals surface area contributed by atoms with Crippen molar-refractivity contribution in [1.82, 2.24) is 9.13 Å². The minimum absolute atomic E-state index is 0.144. The Labute approximate surface area is 98.1 Å². The molecule has 0 fully saturated rings. The highest BCUT2D eigenvalue weighted by Gasteiger charge is 2.02. The Bertz CT molecular complexity index is 501. The fourth-order valence-corrected chi connectivity index (χ4v) is 1.50. The maximum absolute atomic E-state index is 11.5. The third kappa shape index (κ3) is 3.90. The van der Waals surface area contributed by atoms with Crippen LogP contribution in [0.5, 0.6) is 0 Å². The number of aliphatic carboxylic acids is 1. The summed E-state index contributed by atoms with van der Waals surface area (Å²) >= 11 is 0. The number of aryl methyl sites for hydroxylation is 2. The van der Waals surface area contributed by atoms with Gasteiger partial charge in [-0.15, -0.1) is 0 Å². The Kier molecular flexibility index (Phi) is 4.68. The van der Waals surface area contributed by atoms with Crippen LogP contribution < -0.4 is 11.1 Å². The van der Waals surface area contributed by atoms with E-state index in [1.165, 1.54) is 16.2 Å². The van der Waals surface area contributed by atoms with Crippen molar-refractivity contribution in [2.45, 2.75) is 32.2 Å². The fourth-order valence-electron chi connectivity index (χ4n) is 1.50. The number of aromatic nitrogens is 2. The van der Waals surface area contributed by atoms with Gasteiger partial charge in [-0.2, -0.15) is 0 Å². The second-order valence-corrected chi connectivity index (χ2v) is 3.92. The van der Waals surface area contributed by atoms with E-state index in [9.17, 15) is 14.4 Å². The Morgan fingerprint density at radius 3 is 2.53 bits per heavy atom. The SMILES string of the molecule is Cn1ccn(CCCCCC(=O)O)c(=O)c1=O. The molecule has 0 radical (unpaired) electrons. The van der Waals surface area contributed by atoms with Crippen molar-refractivity contribution in [2.75, 3.05) is 0 Å². The molecule has 0 bridgehead atoms. The van der Waals surface area contributed by atoms with E-state index < -0.39 is 17.1 Å². The number of nitrogens with zero attached hydrogens (tertiary/aromatic N) is 2. The predicted octanol–water partition coefficient (Wildman–Crippen LogP) is 0.192. The second kappa shape index (κ2) is 6.03. The van der Waals surface area contributed by atoms with Gasteiger partial charge < -0.3 is 14.2 Å². The lowest BCUT2D eigenvalue weighted by Gasteiger charge is -2.05. The number of carboxylic acids is 1. The lowest BCUT2D eigenvalue weighted by molar-refractivity contribution is -0.137. The molecule has 17 heavy (non-hydrogen) atoms. The first-order valence-corrected chi connectivity index (χ1v) is 5.50. The van der Waals surface area contributed by atoms with Crippen LogP contribution in [0.2, 0.25) is 0 Å². The highest BCUT2D eigenvalue weighted by Crippen LogP contribution is 2.00. The minimum atomic E-state index is -0.809. The number of hydrogen-bond donors (Lipinski definition) is 1. The van der Waals surface area contributed by atoms with Crippen LogP contribution in [0.25, 0.3) is 0 Å². The van der Waals surface area contributed by atoms with Gasteiger partial charge >= 0.3 is 17.1 Å². The average molecular weight is 240 g/mol. The lowest BCUT2D eigenvalue weighted by atomic mass is 10.2. The van der Waals surface area contributed by atoms with Crippen molar-refractivity contribution < 1.29 is 9.90 Å². The smallest absolute Gasteiger partial charge is 0.316 e. The molecule has 1 rings (SSSR count). The maximum Gasteiger partial charge on any atom is 0.316 e. The van der Waals surface area contributed by atoms with Crippen molar-refractivity contribution in [1.29, 1.82) is 0 Å². The van der Waals surface area contributed by atoms with Crippen LogP contribution in [0.15, 0.2) is 22.0 Å². The number of hydrogen-bond acceptors (Lipinski definition) is 3. The van der Waals surface area contributed by atoms with Gasteiger partial charge in [0.25, 0.3) is 0 Å². The molecule has 0 saturated carbocycles. The van der Waals surface area contributed by atoms with Gasteiger partial charge in [-0.25, -0.2) is 0 Å². The highest BCUT2D eigenvalue weighted by molar-refractivity contribution is 5.66. The Hall–Kier alpha value is -1.85. The first-order chi connectivity index (χ1) is 8.02. The molecule has 0 unspecified atom stereocenters. The molecular formula is C11H16N2O4. The molecule has 6 nitrogen and oxygen atoms in total. The predicted molar refractivity (Wildman–Crippen MR) is 62.0 cm³/mol. The molecule has 0 saturated heterocycles. The molecular weight excluding hydrogens is 224 g/mol. The average Bonchev–Trinajstić information content (AvgIpc) is 2.28. The molecule has 0 aliphatic carbocycles. The van der Waals surface area contributed by atoms with Crippen molar-refractivity contribution in [3.63, 3.8) is 0 Å². The molecule has 0 spiro atoms. The van der Waals surface area contributed by atoms with E-state index >= 15 is 0 Å². The van der Waals surface area contributed by atoms with E-state index in [0.717, 1.165) is 6.42 Å². The molecule has 94 valence electrons. The summed E-state index contributed by atoms with van der Waals surface area (Å²) < 4.78 is 2.60. The molecule has 1 aromatic rings. The monoisotopic (exact) mass is 240 g/mol.